The van der Waals surface area contributed by atoms with E-state index < -0.39 is 0 Å². The number of carbonyl (C=O) groups excluding carboxylic acids is 1. The molecule has 2 aliphatic heterocycles. The van der Waals surface area contributed by atoms with Crippen molar-refractivity contribution >= 4 is 11.8 Å². The summed E-state index contributed by atoms with van der Waals surface area (Å²) < 4.78 is 7.62. The van der Waals surface area contributed by atoms with E-state index in [0.717, 1.165) is 50.4 Å². The fourth-order valence-corrected chi connectivity index (χ4v) is 3.21. The zero-order valence-corrected chi connectivity index (χ0v) is 12.7. The van der Waals surface area contributed by atoms with Gasteiger partial charge < -0.3 is 20.3 Å². The topological polar surface area (TPSA) is 71.4 Å². The normalized spacial score (nSPS) is 19.2. The van der Waals surface area contributed by atoms with Crippen molar-refractivity contribution in [2.45, 2.75) is 31.8 Å². The molecule has 0 radical (unpaired) electrons. The van der Waals surface area contributed by atoms with Crippen LogP contribution in [0.2, 0.25) is 0 Å². The van der Waals surface area contributed by atoms with Gasteiger partial charge in [0.2, 0.25) is 0 Å². The largest absolute Gasteiger partial charge is 0.381 e. The monoisotopic (exact) mass is 293 g/mol. The predicted octanol–water partition coefficient (Wildman–Crippen LogP) is 0.974. The summed E-state index contributed by atoms with van der Waals surface area (Å²) in [6.45, 7) is 2.97. The van der Waals surface area contributed by atoms with Crippen molar-refractivity contribution in [1.29, 1.82) is 0 Å². The molecule has 2 aliphatic rings. The Labute approximate surface area is 124 Å². The first-order chi connectivity index (χ1) is 10.2. The Balaban J connectivity index is 1.89. The van der Waals surface area contributed by atoms with Crippen molar-refractivity contribution < 1.29 is 9.53 Å². The van der Waals surface area contributed by atoms with Gasteiger partial charge in [-0.3, -0.25) is 4.68 Å². The van der Waals surface area contributed by atoms with Gasteiger partial charge in [0.15, 0.2) is 5.82 Å². The number of nitrogens with one attached hydrogen (secondary N) is 2. The summed E-state index contributed by atoms with van der Waals surface area (Å²) in [6.07, 6.45) is 2.88. The maximum atomic E-state index is 11.8. The second-order valence-electron chi connectivity index (χ2n) is 5.54. The van der Waals surface area contributed by atoms with E-state index in [2.05, 4.69) is 15.3 Å². The van der Waals surface area contributed by atoms with Gasteiger partial charge in [0.1, 0.15) is 0 Å². The molecule has 0 unspecified atom stereocenters. The Hall–Kier alpha value is -1.76. The third-order valence-electron chi connectivity index (χ3n) is 4.36. The summed E-state index contributed by atoms with van der Waals surface area (Å²) in [6, 6.07) is 0.391. The van der Waals surface area contributed by atoms with E-state index in [4.69, 9.17) is 9.84 Å². The maximum absolute atomic E-state index is 11.8. The van der Waals surface area contributed by atoms with Crippen LogP contribution in [0.4, 0.5) is 10.6 Å². The number of carbonyl (C=O) groups is 1. The molecule has 21 heavy (non-hydrogen) atoms. The van der Waals surface area contributed by atoms with E-state index in [1.165, 1.54) is 5.69 Å². The zero-order valence-electron chi connectivity index (χ0n) is 12.7. The number of anilines is 1. The zero-order chi connectivity index (χ0) is 14.8. The van der Waals surface area contributed by atoms with Gasteiger partial charge in [-0.25, -0.2) is 4.79 Å². The summed E-state index contributed by atoms with van der Waals surface area (Å²) in [5.74, 6) is 0.894. The average molecular weight is 293 g/mol. The Bertz CT molecular complexity index is 522. The minimum absolute atomic E-state index is 0.0264. The van der Waals surface area contributed by atoms with Crippen LogP contribution in [0.25, 0.3) is 0 Å². The minimum atomic E-state index is -0.0264. The summed E-state index contributed by atoms with van der Waals surface area (Å²) in [5.41, 5.74) is 2.42. The smallest absolute Gasteiger partial charge is 0.317 e. The van der Waals surface area contributed by atoms with Crippen LogP contribution in [0.15, 0.2) is 0 Å². The molecule has 0 aliphatic carbocycles. The molecule has 7 nitrogen and oxygen atoms in total. The van der Waals surface area contributed by atoms with Crippen molar-refractivity contribution in [1.82, 2.24) is 20.0 Å². The molecule has 0 aromatic carbocycles. The number of aromatic nitrogens is 2. The molecule has 0 spiro atoms. The summed E-state index contributed by atoms with van der Waals surface area (Å²) in [5, 5.41) is 10.6. The molecular weight excluding hydrogens is 270 g/mol. The molecule has 1 aromatic rings. The first-order valence-corrected chi connectivity index (χ1v) is 7.57. The van der Waals surface area contributed by atoms with E-state index >= 15 is 0 Å². The minimum Gasteiger partial charge on any atom is -0.381 e. The molecular formula is C14H23N5O2. The lowest BCUT2D eigenvalue weighted by molar-refractivity contribution is 0.0652. The number of hydrogen-bond donors (Lipinski definition) is 2. The first-order valence-electron chi connectivity index (χ1n) is 7.57. The fourth-order valence-electron chi connectivity index (χ4n) is 3.21. The lowest BCUT2D eigenvalue weighted by Crippen LogP contribution is -2.41. The van der Waals surface area contributed by atoms with Crippen LogP contribution in [-0.4, -0.2) is 54.6 Å². The van der Waals surface area contributed by atoms with Gasteiger partial charge in [-0.1, -0.05) is 0 Å². The number of urea groups is 1. The summed E-state index contributed by atoms with van der Waals surface area (Å²) >= 11 is 0. The molecule has 116 valence electrons. The van der Waals surface area contributed by atoms with Crippen molar-refractivity contribution in [3.8, 4) is 0 Å². The molecule has 3 heterocycles. The molecule has 0 atom stereocenters. The van der Waals surface area contributed by atoms with Crippen LogP contribution >= 0.6 is 0 Å². The third kappa shape index (κ3) is 2.57. The van der Waals surface area contributed by atoms with Crippen LogP contribution < -0.4 is 10.6 Å². The van der Waals surface area contributed by atoms with Crippen LogP contribution in [0.1, 0.15) is 30.1 Å². The van der Waals surface area contributed by atoms with Crippen molar-refractivity contribution in [3.63, 3.8) is 0 Å². The van der Waals surface area contributed by atoms with E-state index in [9.17, 15) is 4.79 Å². The Kier molecular flexibility index (Phi) is 4.01. The van der Waals surface area contributed by atoms with Crippen molar-refractivity contribution in [2.24, 2.45) is 0 Å². The third-order valence-corrected chi connectivity index (χ3v) is 4.36. The number of rotatable bonds is 2. The van der Waals surface area contributed by atoms with Gasteiger partial charge in [0.05, 0.1) is 12.6 Å². The van der Waals surface area contributed by atoms with E-state index in [-0.39, 0.29) is 6.03 Å². The van der Waals surface area contributed by atoms with Gasteiger partial charge >= 0.3 is 6.03 Å². The number of ether oxygens (including phenoxy) is 1. The average Bonchev–Trinajstić information content (AvgIpc) is 2.92. The lowest BCUT2D eigenvalue weighted by Gasteiger charge is -2.29. The van der Waals surface area contributed by atoms with E-state index in [0.29, 0.717) is 12.6 Å². The Morgan fingerprint density at radius 3 is 2.76 bits per heavy atom. The first kappa shape index (κ1) is 14.2. The molecule has 3 rings (SSSR count). The molecule has 7 heteroatoms. The van der Waals surface area contributed by atoms with Crippen LogP contribution in [-0.2, 0) is 17.7 Å². The van der Waals surface area contributed by atoms with Gasteiger partial charge in [-0.05, 0) is 12.8 Å². The highest BCUT2D eigenvalue weighted by molar-refractivity contribution is 5.74. The highest BCUT2D eigenvalue weighted by atomic mass is 16.5. The molecule has 1 aromatic heterocycles. The number of hydrogen-bond acceptors (Lipinski definition) is 4. The molecule has 0 bridgehead atoms. The molecule has 2 amide bonds. The maximum Gasteiger partial charge on any atom is 0.317 e. The van der Waals surface area contributed by atoms with E-state index in [1.807, 2.05) is 11.9 Å². The second kappa shape index (κ2) is 5.93. The standard InChI is InChI=1S/C14H23N5O2/c1-15-13-11-9-18(14(20)16-2)6-3-12(11)19(17-13)10-4-7-21-8-5-10/h10H,3-9H2,1-2H3,(H,15,17)(H,16,20). The molecule has 1 fully saturated rings. The lowest BCUT2D eigenvalue weighted by atomic mass is 10.0. The van der Waals surface area contributed by atoms with Crippen LogP contribution in [0, 0.1) is 0 Å². The highest BCUT2D eigenvalue weighted by Crippen LogP contribution is 2.31. The summed E-state index contributed by atoms with van der Waals surface area (Å²) in [4.78, 5) is 13.7. The van der Waals surface area contributed by atoms with Gasteiger partial charge in [0, 0.05) is 51.5 Å². The SMILES string of the molecule is CNC(=O)N1CCc2c(c(NC)nn2C2CCOCC2)C1. The number of nitrogens with zero attached hydrogens (tertiary/aromatic N) is 3. The highest BCUT2D eigenvalue weighted by Gasteiger charge is 2.29. The quantitative estimate of drug-likeness (QED) is 0.852. The Morgan fingerprint density at radius 2 is 2.10 bits per heavy atom. The molecule has 1 saturated heterocycles. The number of fused-ring (bicyclic) bond motifs is 1. The van der Waals surface area contributed by atoms with Crippen molar-refractivity contribution in [2.75, 3.05) is 39.2 Å². The van der Waals surface area contributed by atoms with E-state index in [1.54, 1.807) is 7.05 Å². The number of amides is 2. The second-order valence-corrected chi connectivity index (χ2v) is 5.54. The Morgan fingerprint density at radius 1 is 1.33 bits per heavy atom. The molecule has 2 N–H and O–H groups in total. The van der Waals surface area contributed by atoms with Gasteiger partial charge in [-0.2, -0.15) is 5.10 Å². The van der Waals surface area contributed by atoms with Crippen molar-refractivity contribution in [3.05, 3.63) is 11.3 Å². The van der Waals surface area contributed by atoms with Gasteiger partial charge in [0.25, 0.3) is 0 Å². The van der Waals surface area contributed by atoms with Crippen LogP contribution in [0.3, 0.4) is 0 Å². The predicted molar refractivity (Wildman–Crippen MR) is 79.4 cm³/mol. The van der Waals surface area contributed by atoms with Gasteiger partial charge in [-0.15, -0.1) is 0 Å². The summed E-state index contributed by atoms with van der Waals surface area (Å²) in [7, 11) is 3.55. The fraction of sp³-hybridized carbons (Fsp3) is 0.714. The molecule has 0 saturated carbocycles. The van der Waals surface area contributed by atoms with Crippen LogP contribution in [0.5, 0.6) is 0 Å².